The first-order chi connectivity index (χ1) is 12.8. The average Bonchev–Trinajstić information content (AvgIpc) is 3.32. The number of hydrazine groups is 1. The van der Waals surface area contributed by atoms with E-state index in [1.807, 2.05) is 31.2 Å². The van der Waals surface area contributed by atoms with E-state index in [9.17, 15) is 0 Å². The summed E-state index contributed by atoms with van der Waals surface area (Å²) in [5.41, 5.74) is 10.0. The predicted molar refractivity (Wildman–Crippen MR) is 98.5 cm³/mol. The van der Waals surface area contributed by atoms with Crippen molar-refractivity contribution in [3.63, 3.8) is 0 Å². The van der Waals surface area contributed by atoms with Gasteiger partial charge in [-0.3, -0.25) is 0 Å². The molecule has 0 saturated carbocycles. The molecule has 1 aromatic heterocycles. The Labute approximate surface area is 152 Å². The second-order valence-corrected chi connectivity index (χ2v) is 6.37. The normalized spacial score (nSPS) is 19.6. The lowest BCUT2D eigenvalue weighted by Gasteiger charge is -2.12. The molecule has 134 valence electrons. The molecule has 0 aliphatic carbocycles. The van der Waals surface area contributed by atoms with Crippen LogP contribution in [0.1, 0.15) is 42.4 Å². The molecule has 1 aliphatic rings. The number of rotatable bonds is 5. The van der Waals surface area contributed by atoms with Gasteiger partial charge in [0, 0.05) is 6.04 Å². The fourth-order valence-corrected chi connectivity index (χ4v) is 3.32. The Hall–Kier alpha value is -2.70. The van der Waals surface area contributed by atoms with Crippen LogP contribution in [0.3, 0.4) is 0 Å². The molecule has 2 unspecified atom stereocenters. The minimum absolute atomic E-state index is 0.0277. The maximum absolute atomic E-state index is 5.66. The first-order valence-corrected chi connectivity index (χ1v) is 8.88. The Kier molecular flexibility index (Phi) is 4.69. The average molecular weight is 350 g/mol. The zero-order valence-corrected chi connectivity index (χ0v) is 14.9. The molecule has 2 aromatic carbocycles. The van der Waals surface area contributed by atoms with Gasteiger partial charge in [0.15, 0.2) is 0 Å². The summed E-state index contributed by atoms with van der Waals surface area (Å²) in [7, 11) is 0. The van der Waals surface area contributed by atoms with Crippen LogP contribution < -0.4 is 15.6 Å². The molecule has 4 rings (SSSR count). The Morgan fingerprint density at radius 1 is 1.08 bits per heavy atom. The van der Waals surface area contributed by atoms with E-state index in [4.69, 9.17) is 9.26 Å². The smallest absolute Gasteiger partial charge is 0.245 e. The van der Waals surface area contributed by atoms with E-state index >= 15 is 0 Å². The summed E-state index contributed by atoms with van der Waals surface area (Å²) < 4.78 is 11.2. The van der Waals surface area contributed by atoms with Gasteiger partial charge in [0.25, 0.3) is 0 Å². The van der Waals surface area contributed by atoms with Gasteiger partial charge in [-0.05, 0) is 43.5 Å². The summed E-state index contributed by atoms with van der Waals surface area (Å²) >= 11 is 0. The maximum Gasteiger partial charge on any atom is 0.245 e. The fraction of sp³-hybridized carbons (Fsp3) is 0.300. The quantitative estimate of drug-likeness (QED) is 0.731. The standard InChI is InChI=1S/C20H22N4O2/c1-3-25-18-11-7-6-10-15(18)19-21-20(26-24-19)17-12-16(22-23-17)14-9-5-4-8-13(14)2/h4-11,16-17,22-23H,3,12H2,1-2H3. The lowest BCUT2D eigenvalue weighted by atomic mass is 9.98. The second kappa shape index (κ2) is 7.27. The molecule has 2 atom stereocenters. The van der Waals surface area contributed by atoms with Crippen LogP contribution in [0.4, 0.5) is 0 Å². The minimum Gasteiger partial charge on any atom is -0.493 e. The molecule has 2 N–H and O–H groups in total. The number of nitrogens with zero attached hydrogens (tertiary/aromatic N) is 2. The van der Waals surface area contributed by atoms with Crippen LogP contribution in [-0.2, 0) is 0 Å². The molecule has 3 aromatic rings. The molecule has 0 bridgehead atoms. The van der Waals surface area contributed by atoms with Crippen molar-refractivity contribution >= 4 is 0 Å². The van der Waals surface area contributed by atoms with Gasteiger partial charge < -0.3 is 9.26 Å². The van der Waals surface area contributed by atoms with Crippen molar-refractivity contribution in [3.05, 3.63) is 65.5 Å². The molecule has 0 radical (unpaired) electrons. The highest BCUT2D eigenvalue weighted by atomic mass is 16.5. The van der Waals surface area contributed by atoms with Gasteiger partial charge in [-0.1, -0.05) is 41.6 Å². The number of hydrogen-bond donors (Lipinski definition) is 2. The van der Waals surface area contributed by atoms with E-state index in [-0.39, 0.29) is 12.1 Å². The van der Waals surface area contributed by atoms with Gasteiger partial charge in [0.2, 0.25) is 11.7 Å². The van der Waals surface area contributed by atoms with Gasteiger partial charge in [0.05, 0.1) is 12.2 Å². The molecule has 0 spiro atoms. The third-order valence-corrected chi connectivity index (χ3v) is 4.63. The molecule has 1 aliphatic heterocycles. The number of ether oxygens (including phenoxy) is 1. The molecule has 0 amide bonds. The summed E-state index contributed by atoms with van der Waals surface area (Å²) in [5, 5.41) is 4.16. The number of benzene rings is 2. The van der Waals surface area contributed by atoms with Crippen LogP contribution in [0, 0.1) is 6.92 Å². The fourth-order valence-electron chi connectivity index (χ4n) is 3.32. The minimum atomic E-state index is -0.0277. The highest BCUT2D eigenvalue weighted by Gasteiger charge is 2.31. The van der Waals surface area contributed by atoms with E-state index in [0.717, 1.165) is 17.7 Å². The Balaban J connectivity index is 1.54. The van der Waals surface area contributed by atoms with Crippen LogP contribution in [0.5, 0.6) is 5.75 Å². The van der Waals surface area contributed by atoms with Crippen molar-refractivity contribution in [2.75, 3.05) is 6.61 Å². The topological polar surface area (TPSA) is 72.2 Å². The van der Waals surface area contributed by atoms with Crippen molar-refractivity contribution in [2.45, 2.75) is 32.4 Å². The van der Waals surface area contributed by atoms with Gasteiger partial charge in [-0.15, -0.1) is 0 Å². The SMILES string of the molecule is CCOc1ccccc1-c1noc(C2CC(c3ccccc3C)NN2)n1. The van der Waals surface area contributed by atoms with E-state index < -0.39 is 0 Å². The van der Waals surface area contributed by atoms with Gasteiger partial charge in [-0.2, -0.15) is 4.98 Å². The van der Waals surface area contributed by atoms with E-state index in [0.29, 0.717) is 18.3 Å². The third-order valence-electron chi connectivity index (χ3n) is 4.63. The zero-order valence-electron chi connectivity index (χ0n) is 14.9. The summed E-state index contributed by atoms with van der Waals surface area (Å²) in [5.74, 6) is 1.89. The van der Waals surface area contributed by atoms with Crippen molar-refractivity contribution in [3.8, 4) is 17.1 Å². The number of para-hydroxylation sites is 1. The molecule has 2 heterocycles. The first-order valence-electron chi connectivity index (χ1n) is 8.88. The largest absolute Gasteiger partial charge is 0.493 e. The summed E-state index contributed by atoms with van der Waals surface area (Å²) in [6.07, 6.45) is 0.847. The van der Waals surface area contributed by atoms with E-state index in [1.165, 1.54) is 11.1 Å². The molecule has 6 heteroatoms. The second-order valence-electron chi connectivity index (χ2n) is 6.37. The number of aromatic nitrogens is 2. The monoisotopic (exact) mass is 350 g/mol. The van der Waals surface area contributed by atoms with Crippen LogP contribution in [0.25, 0.3) is 11.4 Å². The van der Waals surface area contributed by atoms with Crippen molar-refractivity contribution in [2.24, 2.45) is 0 Å². The Morgan fingerprint density at radius 3 is 2.69 bits per heavy atom. The van der Waals surface area contributed by atoms with Gasteiger partial charge in [-0.25, -0.2) is 10.9 Å². The van der Waals surface area contributed by atoms with E-state index in [1.54, 1.807) is 0 Å². The molecule has 6 nitrogen and oxygen atoms in total. The highest BCUT2D eigenvalue weighted by Crippen LogP contribution is 2.33. The molecule has 26 heavy (non-hydrogen) atoms. The van der Waals surface area contributed by atoms with Crippen LogP contribution in [0.2, 0.25) is 0 Å². The van der Waals surface area contributed by atoms with Crippen LogP contribution in [0.15, 0.2) is 53.1 Å². The molecular formula is C20H22N4O2. The third kappa shape index (κ3) is 3.21. The summed E-state index contributed by atoms with van der Waals surface area (Å²) in [6.45, 7) is 4.67. The van der Waals surface area contributed by atoms with Gasteiger partial charge in [0.1, 0.15) is 11.8 Å². The van der Waals surface area contributed by atoms with Crippen LogP contribution in [-0.4, -0.2) is 16.7 Å². The summed E-state index contributed by atoms with van der Waals surface area (Å²) in [4.78, 5) is 4.60. The number of nitrogens with one attached hydrogen (secondary N) is 2. The Morgan fingerprint density at radius 2 is 1.85 bits per heavy atom. The van der Waals surface area contributed by atoms with E-state index in [2.05, 4.69) is 52.2 Å². The maximum atomic E-state index is 5.66. The lowest BCUT2D eigenvalue weighted by Crippen LogP contribution is -2.27. The lowest BCUT2D eigenvalue weighted by molar-refractivity contribution is 0.336. The van der Waals surface area contributed by atoms with Crippen LogP contribution >= 0.6 is 0 Å². The number of aryl methyl sites for hydroxylation is 1. The molecular weight excluding hydrogens is 328 g/mol. The van der Waals surface area contributed by atoms with Crippen molar-refractivity contribution in [1.29, 1.82) is 0 Å². The highest BCUT2D eigenvalue weighted by molar-refractivity contribution is 5.63. The Bertz CT molecular complexity index is 893. The molecule has 1 fully saturated rings. The van der Waals surface area contributed by atoms with Crippen molar-refractivity contribution < 1.29 is 9.26 Å². The zero-order chi connectivity index (χ0) is 17.9. The number of hydrogen-bond acceptors (Lipinski definition) is 6. The van der Waals surface area contributed by atoms with Gasteiger partial charge >= 0.3 is 0 Å². The first kappa shape index (κ1) is 16.8. The predicted octanol–water partition coefficient (Wildman–Crippen LogP) is 3.72. The summed E-state index contributed by atoms with van der Waals surface area (Å²) in [6, 6.07) is 16.3. The van der Waals surface area contributed by atoms with Crippen molar-refractivity contribution in [1.82, 2.24) is 21.0 Å². The molecule has 1 saturated heterocycles.